The normalized spacial score (nSPS) is 11.5. The van der Waals surface area contributed by atoms with E-state index < -0.39 is 9.84 Å². The zero-order valence-electron chi connectivity index (χ0n) is 17.9. The molecule has 6 nitrogen and oxygen atoms in total. The van der Waals surface area contributed by atoms with E-state index in [1.165, 1.54) is 17.6 Å². The number of fused-ring (bicyclic) bond motifs is 1. The number of hydrogen-bond donors (Lipinski definition) is 0. The van der Waals surface area contributed by atoms with Crippen LogP contribution in [0.4, 0.5) is 5.13 Å². The number of hydrogen-bond acceptors (Lipinski definition) is 7. The average molecular weight is 500 g/mol. The van der Waals surface area contributed by atoms with Gasteiger partial charge < -0.3 is 4.90 Å². The number of para-hydroxylation sites is 1. The highest BCUT2D eigenvalue weighted by atomic mass is 35.5. The van der Waals surface area contributed by atoms with Gasteiger partial charge in [-0.25, -0.2) is 13.4 Å². The predicted molar refractivity (Wildman–Crippen MR) is 133 cm³/mol. The minimum absolute atomic E-state index is 0. The van der Waals surface area contributed by atoms with Crippen LogP contribution in [0.15, 0.2) is 52.3 Å². The Bertz CT molecular complexity index is 1160. The molecule has 0 radical (unpaired) electrons. The molecule has 0 saturated heterocycles. The Hall–Kier alpha value is -1.65. The molecule has 0 unspecified atom stereocenters. The average Bonchev–Trinajstić information content (AvgIpc) is 3.11. The Morgan fingerprint density at radius 2 is 1.84 bits per heavy atom. The quantitative estimate of drug-likeness (QED) is 0.427. The summed E-state index contributed by atoms with van der Waals surface area (Å²) in [6.45, 7) is 3.18. The molecule has 0 bridgehead atoms. The molecule has 1 heterocycles. The van der Waals surface area contributed by atoms with Crippen molar-refractivity contribution in [3.05, 3.63) is 48.0 Å². The molecule has 2 aromatic carbocycles. The highest BCUT2D eigenvalue weighted by Gasteiger charge is 2.23. The number of likely N-dealkylation sites (N-methyl/N-ethyl adjacent to an activating group) is 1. The molecule has 1 amide bonds. The second-order valence-corrected chi connectivity index (χ2v) is 11.4. The maximum Gasteiger partial charge on any atom is 0.260 e. The molecular formula is C21H26ClN3O3S3. The molecule has 0 fully saturated rings. The first kappa shape index (κ1) is 25.6. The number of benzene rings is 2. The maximum absolute atomic E-state index is 13.4. The van der Waals surface area contributed by atoms with Crippen LogP contribution in [0.25, 0.3) is 10.2 Å². The van der Waals surface area contributed by atoms with Crippen molar-refractivity contribution in [3.8, 4) is 0 Å². The molecule has 3 rings (SSSR count). The van der Waals surface area contributed by atoms with E-state index in [2.05, 4.69) is 11.9 Å². The van der Waals surface area contributed by atoms with Gasteiger partial charge in [-0.2, -0.15) is 0 Å². The molecule has 0 atom stereocenters. The third-order valence-corrected chi connectivity index (χ3v) is 7.46. The minimum Gasteiger partial charge on any atom is -0.308 e. The van der Waals surface area contributed by atoms with E-state index in [9.17, 15) is 13.2 Å². The van der Waals surface area contributed by atoms with Crippen LogP contribution in [0, 0.1) is 0 Å². The number of thioether (sulfide) groups is 1. The van der Waals surface area contributed by atoms with Crippen LogP contribution in [0.2, 0.25) is 0 Å². The van der Waals surface area contributed by atoms with E-state index in [1.807, 2.05) is 43.3 Å². The van der Waals surface area contributed by atoms with E-state index in [0.717, 1.165) is 15.3 Å². The van der Waals surface area contributed by atoms with E-state index in [0.29, 0.717) is 29.3 Å². The van der Waals surface area contributed by atoms with Crippen LogP contribution in [0.3, 0.4) is 0 Å². The van der Waals surface area contributed by atoms with Gasteiger partial charge in [-0.1, -0.05) is 30.4 Å². The first-order valence-electron chi connectivity index (χ1n) is 9.49. The van der Waals surface area contributed by atoms with Crippen LogP contribution in [-0.4, -0.2) is 63.4 Å². The van der Waals surface area contributed by atoms with Crippen molar-refractivity contribution in [1.29, 1.82) is 0 Å². The Labute approximate surface area is 198 Å². The van der Waals surface area contributed by atoms with Crippen LogP contribution < -0.4 is 4.90 Å². The highest BCUT2D eigenvalue weighted by molar-refractivity contribution is 7.99. The van der Waals surface area contributed by atoms with Gasteiger partial charge in [0.05, 0.1) is 9.60 Å². The molecule has 0 aliphatic rings. The predicted octanol–water partition coefficient (Wildman–Crippen LogP) is 4.44. The van der Waals surface area contributed by atoms with E-state index >= 15 is 0 Å². The molecule has 0 aliphatic heterocycles. The number of rotatable bonds is 8. The third-order valence-electron chi connectivity index (χ3n) is 4.41. The Morgan fingerprint density at radius 3 is 2.48 bits per heavy atom. The van der Waals surface area contributed by atoms with Gasteiger partial charge in [-0.3, -0.25) is 9.69 Å². The fourth-order valence-electron chi connectivity index (χ4n) is 2.95. The summed E-state index contributed by atoms with van der Waals surface area (Å²) < 4.78 is 25.1. The molecule has 0 spiro atoms. The van der Waals surface area contributed by atoms with Crippen LogP contribution in [0.5, 0.6) is 0 Å². The van der Waals surface area contributed by atoms with E-state index in [4.69, 9.17) is 0 Å². The summed E-state index contributed by atoms with van der Waals surface area (Å²) in [5.41, 5.74) is 1.01. The summed E-state index contributed by atoms with van der Waals surface area (Å²) in [5, 5.41) is 0.501. The Morgan fingerprint density at radius 1 is 1.13 bits per heavy atom. The third kappa shape index (κ3) is 6.20. The van der Waals surface area contributed by atoms with Crippen molar-refractivity contribution in [1.82, 2.24) is 9.88 Å². The SMILES string of the molecule is CCSc1cccc(C(=O)N(CCN(C)C)c2nc3c(S(C)(=O)=O)cccc3s2)c1.Cl. The molecule has 168 valence electrons. The number of carbonyl (C=O) groups is 1. The van der Waals surface area contributed by atoms with Gasteiger partial charge in [0.15, 0.2) is 15.0 Å². The molecule has 10 heteroatoms. The summed E-state index contributed by atoms with van der Waals surface area (Å²) >= 11 is 3.01. The van der Waals surface area contributed by atoms with Crippen molar-refractivity contribution in [2.75, 3.05) is 44.1 Å². The fourth-order valence-corrected chi connectivity index (χ4v) is 5.58. The largest absolute Gasteiger partial charge is 0.308 e. The molecular weight excluding hydrogens is 474 g/mol. The lowest BCUT2D eigenvalue weighted by molar-refractivity contribution is 0.0985. The number of thiazole rings is 1. The summed E-state index contributed by atoms with van der Waals surface area (Å²) in [6, 6.07) is 12.7. The molecule has 0 saturated carbocycles. The van der Waals surface area contributed by atoms with Crippen LogP contribution in [-0.2, 0) is 9.84 Å². The highest BCUT2D eigenvalue weighted by Crippen LogP contribution is 2.33. The monoisotopic (exact) mass is 499 g/mol. The lowest BCUT2D eigenvalue weighted by atomic mass is 10.2. The van der Waals surface area contributed by atoms with E-state index in [-0.39, 0.29) is 23.2 Å². The summed E-state index contributed by atoms with van der Waals surface area (Å²) in [5.74, 6) is 0.782. The second-order valence-electron chi connectivity index (χ2n) is 7.09. The maximum atomic E-state index is 13.4. The molecule has 0 N–H and O–H groups in total. The number of sulfone groups is 1. The van der Waals surface area contributed by atoms with Gasteiger partial charge >= 0.3 is 0 Å². The topological polar surface area (TPSA) is 70.6 Å². The van der Waals surface area contributed by atoms with Crippen molar-refractivity contribution >= 4 is 66.6 Å². The van der Waals surface area contributed by atoms with Crippen molar-refractivity contribution in [3.63, 3.8) is 0 Å². The zero-order valence-corrected chi connectivity index (χ0v) is 21.1. The van der Waals surface area contributed by atoms with Gasteiger partial charge in [0.25, 0.3) is 5.91 Å². The molecule has 31 heavy (non-hydrogen) atoms. The number of amides is 1. The smallest absolute Gasteiger partial charge is 0.260 e. The van der Waals surface area contributed by atoms with Crippen molar-refractivity contribution in [2.45, 2.75) is 16.7 Å². The number of nitrogens with zero attached hydrogens (tertiary/aromatic N) is 3. The standard InChI is InChI=1S/C21H25N3O3S3.ClH/c1-5-28-16-9-6-8-15(14-16)20(25)24(13-12-23(2)3)21-22-19-17(29-21)10-7-11-18(19)30(4,26)27;/h6-11,14H,5,12-13H2,1-4H3;1H. The summed E-state index contributed by atoms with van der Waals surface area (Å²) in [6.07, 6.45) is 1.17. The van der Waals surface area contributed by atoms with Crippen LogP contribution in [0.1, 0.15) is 17.3 Å². The van der Waals surface area contributed by atoms with Gasteiger partial charge in [0.2, 0.25) is 0 Å². The fraction of sp³-hybridized carbons (Fsp3) is 0.333. The number of carbonyl (C=O) groups excluding carboxylic acids is 1. The van der Waals surface area contributed by atoms with Gasteiger partial charge in [-0.15, -0.1) is 24.2 Å². The second kappa shape index (κ2) is 10.8. The summed E-state index contributed by atoms with van der Waals surface area (Å²) in [7, 11) is 0.469. The van der Waals surface area contributed by atoms with Gasteiger partial charge in [0.1, 0.15) is 5.52 Å². The van der Waals surface area contributed by atoms with Crippen LogP contribution >= 0.6 is 35.5 Å². The number of aromatic nitrogens is 1. The van der Waals surface area contributed by atoms with Gasteiger partial charge in [0, 0.05) is 29.8 Å². The van der Waals surface area contributed by atoms with E-state index in [1.54, 1.807) is 34.9 Å². The Balaban J connectivity index is 0.00000341. The molecule has 0 aliphatic carbocycles. The summed E-state index contributed by atoms with van der Waals surface area (Å²) in [4.78, 5) is 22.9. The first-order chi connectivity index (χ1) is 14.2. The van der Waals surface area contributed by atoms with Crippen molar-refractivity contribution in [2.24, 2.45) is 0 Å². The minimum atomic E-state index is -3.42. The van der Waals surface area contributed by atoms with Crippen molar-refractivity contribution < 1.29 is 13.2 Å². The lowest BCUT2D eigenvalue weighted by Crippen LogP contribution is -2.36. The zero-order chi connectivity index (χ0) is 21.9. The number of anilines is 1. The molecule has 3 aromatic rings. The Kier molecular flexibility index (Phi) is 8.91. The number of halogens is 1. The van der Waals surface area contributed by atoms with Gasteiger partial charge in [-0.05, 0) is 50.2 Å². The first-order valence-corrected chi connectivity index (χ1v) is 13.2. The lowest BCUT2D eigenvalue weighted by Gasteiger charge is -2.22. The molecule has 1 aromatic heterocycles.